The van der Waals surface area contributed by atoms with Gasteiger partial charge >= 0.3 is 0 Å². The molecule has 0 spiro atoms. The van der Waals surface area contributed by atoms with Gasteiger partial charge in [0.2, 0.25) is 0 Å². The standard InChI is InChI=1S/C17H21NO2/c1-13-12-15(10-9-14(13)6-4-5-11-19)17(20)18-16-7-2-3-8-16/h9-10,12,16,19H,2-3,5,7-8,11H2,1H3,(H,18,20). The summed E-state index contributed by atoms with van der Waals surface area (Å²) >= 11 is 0. The molecule has 3 nitrogen and oxygen atoms in total. The average Bonchev–Trinajstić information content (AvgIpc) is 2.93. The number of amides is 1. The molecule has 2 rings (SSSR count). The van der Waals surface area contributed by atoms with Crippen LogP contribution < -0.4 is 5.32 Å². The fourth-order valence-electron chi connectivity index (χ4n) is 2.50. The van der Waals surface area contributed by atoms with Crippen LogP contribution in [0.2, 0.25) is 0 Å². The van der Waals surface area contributed by atoms with Gasteiger partial charge in [-0.1, -0.05) is 24.7 Å². The summed E-state index contributed by atoms with van der Waals surface area (Å²) in [5, 5.41) is 11.8. The minimum absolute atomic E-state index is 0.00914. The van der Waals surface area contributed by atoms with Gasteiger partial charge in [-0.3, -0.25) is 4.79 Å². The minimum atomic E-state index is 0.00914. The first kappa shape index (κ1) is 14.6. The number of carbonyl (C=O) groups is 1. The molecule has 0 heterocycles. The molecule has 1 fully saturated rings. The van der Waals surface area contributed by atoms with Crippen molar-refractivity contribution in [2.75, 3.05) is 6.61 Å². The van der Waals surface area contributed by atoms with Gasteiger partial charge in [-0.15, -0.1) is 0 Å². The molecule has 0 aliphatic heterocycles. The van der Waals surface area contributed by atoms with Crippen LogP contribution in [0.4, 0.5) is 0 Å². The summed E-state index contributed by atoms with van der Waals surface area (Å²) in [7, 11) is 0. The molecule has 20 heavy (non-hydrogen) atoms. The van der Waals surface area contributed by atoms with Crippen molar-refractivity contribution < 1.29 is 9.90 Å². The summed E-state index contributed by atoms with van der Waals surface area (Å²) in [6.45, 7) is 2.03. The van der Waals surface area contributed by atoms with Crippen LogP contribution in [0.25, 0.3) is 0 Å². The van der Waals surface area contributed by atoms with Crippen molar-refractivity contribution in [1.29, 1.82) is 0 Å². The first-order chi connectivity index (χ1) is 9.70. The van der Waals surface area contributed by atoms with Crippen molar-refractivity contribution in [2.45, 2.75) is 45.1 Å². The Morgan fingerprint density at radius 2 is 2.15 bits per heavy atom. The lowest BCUT2D eigenvalue weighted by Crippen LogP contribution is -2.32. The van der Waals surface area contributed by atoms with Gasteiger partial charge in [-0.05, 0) is 43.5 Å². The fraction of sp³-hybridized carbons (Fsp3) is 0.471. The molecule has 2 N–H and O–H groups in total. The second-order valence-electron chi connectivity index (χ2n) is 5.26. The monoisotopic (exact) mass is 271 g/mol. The lowest BCUT2D eigenvalue weighted by atomic mass is 10.0. The maximum atomic E-state index is 12.1. The van der Waals surface area contributed by atoms with Gasteiger partial charge in [-0.2, -0.15) is 0 Å². The van der Waals surface area contributed by atoms with Crippen LogP contribution in [0.3, 0.4) is 0 Å². The van der Waals surface area contributed by atoms with Crippen molar-refractivity contribution in [3.63, 3.8) is 0 Å². The number of aliphatic hydroxyl groups excluding tert-OH is 1. The van der Waals surface area contributed by atoms with Crippen LogP contribution in [0.15, 0.2) is 18.2 Å². The van der Waals surface area contributed by atoms with Crippen LogP contribution in [-0.4, -0.2) is 23.7 Å². The normalized spacial score (nSPS) is 14.7. The Morgan fingerprint density at radius 3 is 2.80 bits per heavy atom. The van der Waals surface area contributed by atoms with E-state index in [1.165, 1.54) is 12.8 Å². The molecule has 1 aromatic carbocycles. The van der Waals surface area contributed by atoms with Crippen molar-refractivity contribution >= 4 is 5.91 Å². The zero-order valence-electron chi connectivity index (χ0n) is 11.9. The van der Waals surface area contributed by atoms with Crippen LogP contribution >= 0.6 is 0 Å². The molecule has 0 atom stereocenters. The van der Waals surface area contributed by atoms with Gasteiger partial charge in [0, 0.05) is 23.6 Å². The van der Waals surface area contributed by atoms with E-state index in [2.05, 4.69) is 17.2 Å². The Hall–Kier alpha value is -1.79. The lowest BCUT2D eigenvalue weighted by Gasteiger charge is -2.12. The third-order valence-corrected chi connectivity index (χ3v) is 3.64. The molecule has 106 valence electrons. The van der Waals surface area contributed by atoms with E-state index in [0.29, 0.717) is 18.0 Å². The zero-order chi connectivity index (χ0) is 14.4. The number of aliphatic hydroxyl groups is 1. The van der Waals surface area contributed by atoms with E-state index in [1.54, 1.807) is 0 Å². The Bertz CT molecular complexity index is 534. The summed E-state index contributed by atoms with van der Waals surface area (Å²) in [5.74, 6) is 5.92. The van der Waals surface area contributed by atoms with E-state index < -0.39 is 0 Å². The lowest BCUT2D eigenvalue weighted by molar-refractivity contribution is 0.0938. The maximum Gasteiger partial charge on any atom is 0.251 e. The molecule has 0 saturated heterocycles. The third kappa shape index (κ3) is 3.85. The first-order valence-corrected chi connectivity index (χ1v) is 7.22. The minimum Gasteiger partial charge on any atom is -0.395 e. The van der Waals surface area contributed by atoms with Crippen molar-refractivity contribution in [3.05, 3.63) is 34.9 Å². The Labute approximate surface area is 120 Å². The van der Waals surface area contributed by atoms with Gasteiger partial charge in [0.1, 0.15) is 0 Å². The number of carbonyl (C=O) groups excluding carboxylic acids is 1. The van der Waals surface area contributed by atoms with E-state index in [0.717, 1.165) is 24.0 Å². The van der Waals surface area contributed by atoms with Gasteiger partial charge < -0.3 is 10.4 Å². The molecule has 3 heteroatoms. The summed E-state index contributed by atoms with van der Waals surface area (Å²) in [6.07, 6.45) is 5.08. The second kappa shape index (κ2) is 7.12. The first-order valence-electron chi connectivity index (χ1n) is 7.22. The molecular formula is C17H21NO2. The topological polar surface area (TPSA) is 49.3 Å². The van der Waals surface area contributed by atoms with Gasteiger partial charge in [0.25, 0.3) is 5.91 Å². The van der Waals surface area contributed by atoms with E-state index in [-0.39, 0.29) is 12.5 Å². The average molecular weight is 271 g/mol. The second-order valence-corrected chi connectivity index (χ2v) is 5.26. The van der Waals surface area contributed by atoms with Crippen LogP contribution in [0.1, 0.15) is 53.6 Å². The Kier molecular flexibility index (Phi) is 5.20. The number of hydrogen-bond donors (Lipinski definition) is 2. The summed E-state index contributed by atoms with van der Waals surface area (Å²) in [5.41, 5.74) is 2.60. The molecule has 0 bridgehead atoms. The molecule has 1 amide bonds. The van der Waals surface area contributed by atoms with Gasteiger partial charge in [0.15, 0.2) is 0 Å². The molecule has 1 saturated carbocycles. The summed E-state index contributed by atoms with van der Waals surface area (Å²) in [6, 6.07) is 5.92. The number of nitrogens with one attached hydrogen (secondary N) is 1. The predicted octanol–water partition coefficient (Wildman–Crippen LogP) is 2.40. The third-order valence-electron chi connectivity index (χ3n) is 3.64. The summed E-state index contributed by atoms with van der Waals surface area (Å²) in [4.78, 5) is 12.1. The summed E-state index contributed by atoms with van der Waals surface area (Å²) < 4.78 is 0. The zero-order valence-corrected chi connectivity index (χ0v) is 11.9. The van der Waals surface area contributed by atoms with Crippen LogP contribution in [0, 0.1) is 18.8 Å². The fourth-order valence-corrected chi connectivity index (χ4v) is 2.50. The number of hydrogen-bond acceptors (Lipinski definition) is 2. The van der Waals surface area contributed by atoms with Crippen LogP contribution in [0.5, 0.6) is 0 Å². The van der Waals surface area contributed by atoms with Gasteiger partial charge in [0.05, 0.1) is 6.61 Å². The highest BCUT2D eigenvalue weighted by Gasteiger charge is 2.18. The molecule has 0 unspecified atom stereocenters. The van der Waals surface area contributed by atoms with E-state index in [1.807, 2.05) is 25.1 Å². The highest BCUT2D eigenvalue weighted by molar-refractivity contribution is 5.94. The molecule has 1 aromatic rings. The predicted molar refractivity (Wildman–Crippen MR) is 79.5 cm³/mol. The van der Waals surface area contributed by atoms with Gasteiger partial charge in [-0.25, -0.2) is 0 Å². The molecule has 1 aliphatic rings. The van der Waals surface area contributed by atoms with E-state index >= 15 is 0 Å². The Balaban J connectivity index is 2.04. The van der Waals surface area contributed by atoms with Crippen molar-refractivity contribution in [3.8, 4) is 11.8 Å². The van der Waals surface area contributed by atoms with E-state index in [9.17, 15) is 4.79 Å². The number of aryl methyl sites for hydroxylation is 1. The molecule has 0 radical (unpaired) electrons. The highest BCUT2D eigenvalue weighted by atomic mass is 16.2. The maximum absolute atomic E-state index is 12.1. The van der Waals surface area contributed by atoms with Crippen molar-refractivity contribution in [2.24, 2.45) is 0 Å². The Morgan fingerprint density at radius 1 is 1.40 bits per heavy atom. The smallest absolute Gasteiger partial charge is 0.251 e. The van der Waals surface area contributed by atoms with Crippen molar-refractivity contribution in [1.82, 2.24) is 5.32 Å². The molecule has 1 aliphatic carbocycles. The van der Waals surface area contributed by atoms with E-state index in [4.69, 9.17) is 5.11 Å². The number of benzene rings is 1. The SMILES string of the molecule is Cc1cc(C(=O)NC2CCCC2)ccc1C#CCCO. The molecular weight excluding hydrogens is 250 g/mol. The largest absolute Gasteiger partial charge is 0.395 e. The highest BCUT2D eigenvalue weighted by Crippen LogP contribution is 2.18. The molecule has 0 aromatic heterocycles. The quantitative estimate of drug-likeness (QED) is 0.829. The number of rotatable bonds is 3. The van der Waals surface area contributed by atoms with Crippen LogP contribution in [-0.2, 0) is 0 Å².